The van der Waals surface area contributed by atoms with Gasteiger partial charge in [0.15, 0.2) is 0 Å². The minimum Gasteiger partial charge on any atom is -0.462 e. The zero-order valence-electron chi connectivity index (χ0n) is 8.51. The summed E-state index contributed by atoms with van der Waals surface area (Å²) in [6.07, 6.45) is 0. The van der Waals surface area contributed by atoms with E-state index in [0.29, 0.717) is 17.2 Å². The Morgan fingerprint density at radius 3 is 2.71 bits per heavy atom. The molecule has 0 saturated heterocycles. The van der Waals surface area contributed by atoms with Crippen molar-refractivity contribution in [3.63, 3.8) is 0 Å². The standard InChI is InChI=1S/C9H14N2O2S/c1-4-13-9(12)6-5(2)8(11-3)14-7(6)10/h11H,4,10H2,1-3H3. The van der Waals surface area contributed by atoms with Gasteiger partial charge in [0.2, 0.25) is 0 Å². The first kappa shape index (κ1) is 10.8. The number of esters is 1. The molecule has 0 aromatic carbocycles. The summed E-state index contributed by atoms with van der Waals surface area (Å²) in [5, 5.41) is 4.40. The lowest BCUT2D eigenvalue weighted by Gasteiger charge is -2.02. The Hall–Kier alpha value is -1.23. The summed E-state index contributed by atoms with van der Waals surface area (Å²) in [5.74, 6) is -0.347. The van der Waals surface area contributed by atoms with Gasteiger partial charge in [0.05, 0.1) is 17.2 Å². The van der Waals surface area contributed by atoms with Crippen LogP contribution in [0.15, 0.2) is 0 Å². The first-order chi connectivity index (χ1) is 6.61. The van der Waals surface area contributed by atoms with Crippen LogP contribution >= 0.6 is 11.3 Å². The molecular weight excluding hydrogens is 200 g/mol. The molecule has 0 atom stereocenters. The van der Waals surface area contributed by atoms with Crippen LogP contribution in [0, 0.1) is 6.92 Å². The Bertz CT molecular complexity index is 347. The second kappa shape index (κ2) is 4.32. The molecule has 1 aromatic heterocycles. The third-order valence-corrected chi connectivity index (χ3v) is 3.02. The van der Waals surface area contributed by atoms with Gasteiger partial charge in [-0.25, -0.2) is 4.79 Å². The number of hydrogen-bond donors (Lipinski definition) is 2. The zero-order chi connectivity index (χ0) is 10.7. The fourth-order valence-electron chi connectivity index (χ4n) is 1.23. The largest absolute Gasteiger partial charge is 0.462 e. The molecule has 4 nitrogen and oxygen atoms in total. The van der Waals surface area contributed by atoms with E-state index in [2.05, 4.69) is 5.32 Å². The Kier molecular flexibility index (Phi) is 3.35. The number of anilines is 2. The normalized spacial score (nSPS) is 9.93. The molecule has 0 aliphatic heterocycles. The number of hydrogen-bond acceptors (Lipinski definition) is 5. The minimum absolute atomic E-state index is 0.347. The second-order valence-corrected chi connectivity index (χ2v) is 3.82. The fourth-order valence-corrected chi connectivity index (χ4v) is 2.15. The molecule has 1 heterocycles. The van der Waals surface area contributed by atoms with E-state index in [9.17, 15) is 4.79 Å². The van der Waals surface area contributed by atoms with E-state index in [1.54, 1.807) is 14.0 Å². The quantitative estimate of drug-likeness (QED) is 0.754. The van der Waals surface area contributed by atoms with Gasteiger partial charge >= 0.3 is 5.97 Å². The van der Waals surface area contributed by atoms with Crippen LogP contribution in [0.2, 0.25) is 0 Å². The lowest BCUT2D eigenvalue weighted by Crippen LogP contribution is -2.07. The van der Waals surface area contributed by atoms with Crippen LogP contribution in [-0.2, 0) is 4.74 Å². The average molecular weight is 214 g/mol. The molecule has 78 valence electrons. The van der Waals surface area contributed by atoms with Gasteiger partial charge in [-0.05, 0) is 13.8 Å². The maximum Gasteiger partial charge on any atom is 0.341 e. The summed E-state index contributed by atoms with van der Waals surface area (Å²) < 4.78 is 4.91. The number of nitrogens with one attached hydrogen (secondary N) is 1. The smallest absolute Gasteiger partial charge is 0.341 e. The van der Waals surface area contributed by atoms with Crippen molar-refractivity contribution in [3.05, 3.63) is 11.1 Å². The SMILES string of the molecule is CCOC(=O)c1c(N)sc(NC)c1C. The average Bonchev–Trinajstić information content (AvgIpc) is 2.41. The van der Waals surface area contributed by atoms with Gasteiger partial charge in [-0.1, -0.05) is 0 Å². The van der Waals surface area contributed by atoms with E-state index < -0.39 is 0 Å². The van der Waals surface area contributed by atoms with Crippen LogP contribution in [0.25, 0.3) is 0 Å². The number of carbonyl (C=O) groups excluding carboxylic acids is 1. The molecule has 0 aliphatic carbocycles. The number of rotatable bonds is 3. The van der Waals surface area contributed by atoms with Crippen molar-refractivity contribution in [1.29, 1.82) is 0 Å². The number of carbonyl (C=O) groups is 1. The van der Waals surface area contributed by atoms with Gasteiger partial charge in [-0.2, -0.15) is 0 Å². The number of nitrogen functional groups attached to an aromatic ring is 1. The van der Waals surface area contributed by atoms with Gasteiger partial charge in [0, 0.05) is 12.6 Å². The number of ether oxygens (including phenoxy) is 1. The minimum atomic E-state index is -0.347. The monoisotopic (exact) mass is 214 g/mol. The Labute approximate surface area is 87.1 Å². The second-order valence-electron chi connectivity index (χ2n) is 2.77. The maximum absolute atomic E-state index is 11.5. The highest BCUT2D eigenvalue weighted by Gasteiger charge is 2.19. The maximum atomic E-state index is 11.5. The highest BCUT2D eigenvalue weighted by molar-refractivity contribution is 7.20. The van der Waals surface area contributed by atoms with Crippen LogP contribution in [0.5, 0.6) is 0 Å². The van der Waals surface area contributed by atoms with Gasteiger partial charge in [0.1, 0.15) is 5.00 Å². The topological polar surface area (TPSA) is 64.3 Å². The third-order valence-electron chi connectivity index (χ3n) is 1.88. The summed E-state index contributed by atoms with van der Waals surface area (Å²) in [6, 6.07) is 0. The van der Waals surface area contributed by atoms with Gasteiger partial charge < -0.3 is 15.8 Å². The molecule has 0 radical (unpaired) electrons. The molecule has 14 heavy (non-hydrogen) atoms. The first-order valence-corrected chi connectivity index (χ1v) is 5.17. The molecule has 0 amide bonds. The summed E-state index contributed by atoms with van der Waals surface area (Å²) in [4.78, 5) is 11.5. The highest BCUT2D eigenvalue weighted by atomic mass is 32.1. The molecule has 3 N–H and O–H groups in total. The fraction of sp³-hybridized carbons (Fsp3) is 0.444. The molecule has 0 unspecified atom stereocenters. The Morgan fingerprint density at radius 1 is 1.64 bits per heavy atom. The molecule has 0 aliphatic rings. The summed E-state index contributed by atoms with van der Waals surface area (Å²) >= 11 is 1.36. The van der Waals surface area contributed by atoms with Crippen molar-refractivity contribution in [2.45, 2.75) is 13.8 Å². The molecule has 0 spiro atoms. The van der Waals surface area contributed by atoms with Crippen LogP contribution in [0.1, 0.15) is 22.8 Å². The Morgan fingerprint density at radius 2 is 2.29 bits per heavy atom. The zero-order valence-corrected chi connectivity index (χ0v) is 9.33. The van der Waals surface area contributed by atoms with Gasteiger partial charge in [-0.3, -0.25) is 0 Å². The lowest BCUT2D eigenvalue weighted by atomic mass is 10.2. The van der Waals surface area contributed by atoms with Crippen molar-refractivity contribution in [1.82, 2.24) is 0 Å². The van der Waals surface area contributed by atoms with Gasteiger partial charge in [0.25, 0.3) is 0 Å². The number of thiophene rings is 1. The van der Waals surface area contributed by atoms with E-state index in [4.69, 9.17) is 10.5 Å². The van der Waals surface area contributed by atoms with Crippen LogP contribution in [0.3, 0.4) is 0 Å². The molecule has 5 heteroatoms. The van der Waals surface area contributed by atoms with Crippen molar-refractivity contribution in [3.8, 4) is 0 Å². The van der Waals surface area contributed by atoms with E-state index in [0.717, 1.165) is 10.6 Å². The van der Waals surface area contributed by atoms with Crippen molar-refractivity contribution < 1.29 is 9.53 Å². The van der Waals surface area contributed by atoms with E-state index in [1.807, 2.05) is 6.92 Å². The molecular formula is C9H14N2O2S. The Balaban J connectivity index is 3.07. The first-order valence-electron chi connectivity index (χ1n) is 4.35. The van der Waals surface area contributed by atoms with Crippen molar-refractivity contribution in [2.24, 2.45) is 0 Å². The highest BCUT2D eigenvalue weighted by Crippen LogP contribution is 2.34. The van der Waals surface area contributed by atoms with E-state index in [1.165, 1.54) is 11.3 Å². The molecule has 0 bridgehead atoms. The lowest BCUT2D eigenvalue weighted by molar-refractivity contribution is 0.0527. The molecule has 1 aromatic rings. The van der Waals surface area contributed by atoms with Gasteiger partial charge in [-0.15, -0.1) is 11.3 Å². The third kappa shape index (κ3) is 1.82. The van der Waals surface area contributed by atoms with Crippen molar-refractivity contribution in [2.75, 3.05) is 24.7 Å². The predicted octanol–water partition coefficient (Wildman–Crippen LogP) is 1.86. The molecule has 0 saturated carbocycles. The number of nitrogens with two attached hydrogens (primary N) is 1. The van der Waals surface area contributed by atoms with Crippen LogP contribution in [-0.4, -0.2) is 19.6 Å². The van der Waals surface area contributed by atoms with E-state index >= 15 is 0 Å². The summed E-state index contributed by atoms with van der Waals surface area (Å²) in [7, 11) is 1.80. The predicted molar refractivity (Wildman–Crippen MR) is 59.0 cm³/mol. The summed E-state index contributed by atoms with van der Waals surface area (Å²) in [6.45, 7) is 3.99. The van der Waals surface area contributed by atoms with E-state index in [-0.39, 0.29) is 5.97 Å². The van der Waals surface area contributed by atoms with Crippen LogP contribution < -0.4 is 11.1 Å². The molecule has 0 fully saturated rings. The molecule has 1 rings (SSSR count). The summed E-state index contributed by atoms with van der Waals surface area (Å²) in [5.41, 5.74) is 7.07. The van der Waals surface area contributed by atoms with Crippen molar-refractivity contribution >= 4 is 27.3 Å². The van der Waals surface area contributed by atoms with Crippen LogP contribution in [0.4, 0.5) is 10.0 Å².